The van der Waals surface area contributed by atoms with Crippen LogP contribution in [0.25, 0.3) is 0 Å². The molecule has 1 aliphatic heterocycles. The Kier molecular flexibility index (Phi) is 6.00. The molecule has 0 saturated heterocycles. The van der Waals surface area contributed by atoms with Crippen LogP contribution in [0.5, 0.6) is 5.75 Å². The lowest BCUT2D eigenvalue weighted by Crippen LogP contribution is -2.14. The van der Waals surface area contributed by atoms with E-state index < -0.39 is 0 Å². The highest BCUT2D eigenvalue weighted by molar-refractivity contribution is 7.09. The number of ether oxygens (including phenoxy) is 1. The molecule has 1 aromatic heterocycles. The lowest BCUT2D eigenvalue weighted by molar-refractivity contribution is 0.275. The number of aliphatic imine (C=N–C) groups is 1. The summed E-state index contributed by atoms with van der Waals surface area (Å²) >= 11 is 1.57. The Bertz CT molecular complexity index is 1000. The minimum atomic E-state index is -0.353. The second-order valence-corrected chi connectivity index (χ2v) is 8.50. The average Bonchev–Trinajstić information content (AvgIpc) is 2.94. The number of thiazole rings is 1. The predicted molar refractivity (Wildman–Crippen MR) is 116 cm³/mol. The van der Waals surface area contributed by atoms with Crippen LogP contribution in [0.3, 0.4) is 0 Å². The number of allylic oxidation sites excluding steroid dienone is 3. The number of halogens is 1. The van der Waals surface area contributed by atoms with Gasteiger partial charge < -0.3 is 10.1 Å². The SMILES string of the molecule is Cc1nc(COc2c(C3CCC3)ccc(C3=NC=C(CC=N)CC=C3)c2F)cs1. The molecule has 6 heteroatoms. The number of nitrogens with one attached hydrogen (secondary N) is 1. The minimum Gasteiger partial charge on any atom is -0.484 e. The smallest absolute Gasteiger partial charge is 0.174 e. The first-order valence-corrected chi connectivity index (χ1v) is 10.8. The van der Waals surface area contributed by atoms with Crippen LogP contribution in [-0.4, -0.2) is 16.9 Å². The molecule has 0 bridgehead atoms. The van der Waals surface area contributed by atoms with Crippen LogP contribution < -0.4 is 4.74 Å². The fourth-order valence-corrected chi connectivity index (χ4v) is 4.18. The minimum absolute atomic E-state index is 0.260. The first kappa shape index (κ1) is 19.7. The van der Waals surface area contributed by atoms with Gasteiger partial charge in [0.25, 0.3) is 0 Å². The molecule has 1 fully saturated rings. The fourth-order valence-electron chi connectivity index (χ4n) is 3.58. The normalized spacial score (nSPS) is 16.6. The summed E-state index contributed by atoms with van der Waals surface area (Å²) in [5.41, 5.74) is 3.83. The number of nitrogens with zero attached hydrogens (tertiary/aromatic N) is 2. The van der Waals surface area contributed by atoms with Gasteiger partial charge >= 0.3 is 0 Å². The molecule has 1 saturated carbocycles. The number of aryl methyl sites for hydroxylation is 1. The summed E-state index contributed by atoms with van der Waals surface area (Å²) in [6.07, 6.45) is 11.5. The highest BCUT2D eigenvalue weighted by atomic mass is 32.1. The molecule has 1 aliphatic carbocycles. The van der Waals surface area contributed by atoms with E-state index in [9.17, 15) is 0 Å². The zero-order valence-corrected chi connectivity index (χ0v) is 17.3. The summed E-state index contributed by atoms with van der Waals surface area (Å²) in [5.74, 6) is 0.340. The van der Waals surface area contributed by atoms with Crippen LogP contribution in [0.15, 0.2) is 46.4 Å². The zero-order valence-electron chi connectivity index (χ0n) is 16.5. The van der Waals surface area contributed by atoms with Crippen molar-refractivity contribution in [2.75, 3.05) is 0 Å². The van der Waals surface area contributed by atoms with Crippen molar-refractivity contribution in [3.8, 4) is 5.75 Å². The zero-order chi connectivity index (χ0) is 20.2. The second kappa shape index (κ2) is 8.82. The van der Waals surface area contributed by atoms with Crippen molar-refractivity contribution in [1.29, 1.82) is 5.41 Å². The Balaban J connectivity index is 1.67. The van der Waals surface area contributed by atoms with Crippen LogP contribution in [0, 0.1) is 18.2 Å². The monoisotopic (exact) mass is 409 g/mol. The molecule has 2 heterocycles. The van der Waals surface area contributed by atoms with Crippen molar-refractivity contribution in [3.63, 3.8) is 0 Å². The highest BCUT2D eigenvalue weighted by Crippen LogP contribution is 2.43. The van der Waals surface area contributed by atoms with Gasteiger partial charge in [-0.05, 0) is 56.0 Å². The van der Waals surface area contributed by atoms with Gasteiger partial charge in [-0.2, -0.15) is 0 Å². The highest BCUT2D eigenvalue weighted by Gasteiger charge is 2.27. The van der Waals surface area contributed by atoms with Crippen LogP contribution in [-0.2, 0) is 6.61 Å². The number of rotatable bonds is 7. The maximum absolute atomic E-state index is 15.6. The fraction of sp³-hybridized carbons (Fsp3) is 0.348. The number of hydrogen-bond acceptors (Lipinski definition) is 5. The molecular formula is C23H24FN3OS. The molecule has 1 aromatic carbocycles. The van der Waals surface area contributed by atoms with Gasteiger partial charge in [0.15, 0.2) is 11.6 Å². The number of benzene rings is 1. The van der Waals surface area contributed by atoms with Crippen molar-refractivity contribution < 1.29 is 9.13 Å². The topological polar surface area (TPSA) is 58.3 Å². The van der Waals surface area contributed by atoms with Crippen LogP contribution in [0.4, 0.5) is 4.39 Å². The van der Waals surface area contributed by atoms with Crippen LogP contribution in [0.2, 0.25) is 0 Å². The average molecular weight is 410 g/mol. The first-order valence-electron chi connectivity index (χ1n) is 9.93. The standard InChI is InChI=1S/C23H24FN3OS/c1-15-27-18(14-29-15)13-28-23-19(17-5-3-6-17)8-9-20(22(23)24)21-7-2-4-16(10-11-25)12-26-21/h2,7-9,11-12,14,17,25H,3-6,10,13H2,1H3. The van der Waals surface area contributed by atoms with E-state index in [4.69, 9.17) is 10.1 Å². The van der Waals surface area contributed by atoms with Crippen LogP contribution in [0.1, 0.15) is 59.9 Å². The maximum atomic E-state index is 15.6. The van der Waals surface area contributed by atoms with Crippen molar-refractivity contribution in [2.45, 2.75) is 51.6 Å². The summed E-state index contributed by atoms with van der Waals surface area (Å²) in [5, 5.41) is 10.2. The maximum Gasteiger partial charge on any atom is 0.174 e. The Labute approximate surface area is 174 Å². The summed E-state index contributed by atoms with van der Waals surface area (Å²) in [7, 11) is 0. The molecule has 0 spiro atoms. The molecule has 0 unspecified atom stereocenters. The summed E-state index contributed by atoms with van der Waals surface area (Å²) < 4.78 is 21.6. The van der Waals surface area contributed by atoms with Gasteiger partial charge in [-0.1, -0.05) is 18.6 Å². The first-order chi connectivity index (χ1) is 14.2. The Hall–Kier alpha value is -2.60. The summed E-state index contributed by atoms with van der Waals surface area (Å²) in [6, 6.07) is 3.81. The van der Waals surface area contributed by atoms with Crippen LogP contribution >= 0.6 is 11.3 Å². The molecule has 0 atom stereocenters. The molecule has 4 rings (SSSR count). The molecule has 2 aromatic rings. The van der Waals surface area contributed by atoms with Gasteiger partial charge in [-0.25, -0.2) is 9.37 Å². The van der Waals surface area contributed by atoms with Gasteiger partial charge in [-0.3, -0.25) is 4.99 Å². The molecule has 0 radical (unpaired) electrons. The summed E-state index contributed by atoms with van der Waals surface area (Å²) in [6.45, 7) is 2.21. The van der Waals surface area contributed by atoms with Gasteiger partial charge in [0.1, 0.15) is 6.61 Å². The third-order valence-corrected chi connectivity index (χ3v) is 6.21. The van der Waals surface area contributed by atoms with Gasteiger partial charge in [-0.15, -0.1) is 11.3 Å². The van der Waals surface area contributed by atoms with E-state index in [1.807, 2.05) is 36.6 Å². The molecule has 1 N–H and O–H groups in total. The Morgan fingerprint density at radius 1 is 1.34 bits per heavy atom. The molecule has 2 aliphatic rings. The molecular weight excluding hydrogens is 385 g/mol. The third-order valence-electron chi connectivity index (χ3n) is 5.39. The van der Waals surface area contributed by atoms with Crippen molar-refractivity contribution in [1.82, 2.24) is 4.98 Å². The molecule has 29 heavy (non-hydrogen) atoms. The lowest BCUT2D eigenvalue weighted by Gasteiger charge is -2.28. The second-order valence-electron chi connectivity index (χ2n) is 7.44. The largest absolute Gasteiger partial charge is 0.484 e. The van der Waals surface area contributed by atoms with E-state index in [1.54, 1.807) is 17.5 Å². The van der Waals surface area contributed by atoms with E-state index in [2.05, 4.69) is 9.98 Å². The predicted octanol–water partition coefficient (Wildman–Crippen LogP) is 6.11. The molecule has 4 nitrogen and oxygen atoms in total. The van der Waals surface area contributed by atoms with E-state index >= 15 is 4.39 Å². The quantitative estimate of drug-likeness (QED) is 0.561. The van der Waals surface area contributed by atoms with Gasteiger partial charge in [0.05, 0.1) is 16.4 Å². The van der Waals surface area contributed by atoms with Crippen molar-refractivity contribution in [2.24, 2.45) is 4.99 Å². The van der Waals surface area contributed by atoms with Crippen molar-refractivity contribution >= 4 is 23.3 Å². The molecule has 0 amide bonds. The van der Waals surface area contributed by atoms with E-state index in [0.717, 1.165) is 41.1 Å². The molecule has 150 valence electrons. The Morgan fingerprint density at radius 2 is 2.21 bits per heavy atom. The van der Waals surface area contributed by atoms with Gasteiger partial charge in [0.2, 0.25) is 0 Å². The number of aromatic nitrogens is 1. The third kappa shape index (κ3) is 4.37. The lowest BCUT2D eigenvalue weighted by atomic mass is 9.79. The Morgan fingerprint density at radius 3 is 2.90 bits per heavy atom. The van der Waals surface area contributed by atoms with E-state index in [-0.39, 0.29) is 12.4 Å². The van der Waals surface area contributed by atoms with Crippen molar-refractivity contribution in [3.05, 3.63) is 69.1 Å². The van der Waals surface area contributed by atoms with E-state index in [1.165, 1.54) is 12.6 Å². The van der Waals surface area contributed by atoms with E-state index in [0.29, 0.717) is 29.4 Å². The van der Waals surface area contributed by atoms with Gasteiger partial charge in [0, 0.05) is 29.1 Å². The number of hydrogen-bond donors (Lipinski definition) is 1. The summed E-state index contributed by atoms with van der Waals surface area (Å²) in [4.78, 5) is 8.91.